The van der Waals surface area contributed by atoms with E-state index in [4.69, 9.17) is 4.74 Å². The maximum Gasteiger partial charge on any atom is 0.407 e. The van der Waals surface area contributed by atoms with Crippen LogP contribution in [0.1, 0.15) is 0 Å². The Labute approximate surface area is 58.9 Å². The average Bonchev–Trinajstić information content (AvgIpc) is 2.10. The number of rotatable bonds is 1. The molecule has 56 valence electrons. The highest BCUT2D eigenvalue weighted by atomic mass is 16.6. The zero-order valence-electron chi connectivity index (χ0n) is 5.59. The summed E-state index contributed by atoms with van der Waals surface area (Å²) in [6.45, 7) is 2.56. The van der Waals surface area contributed by atoms with Gasteiger partial charge in [-0.1, -0.05) is 0 Å². The van der Waals surface area contributed by atoms with Crippen molar-refractivity contribution in [3.8, 4) is 0 Å². The Bertz CT molecular complexity index is 156. The zero-order valence-corrected chi connectivity index (χ0v) is 5.59. The van der Waals surface area contributed by atoms with Gasteiger partial charge < -0.3 is 15.4 Å². The van der Waals surface area contributed by atoms with Crippen LogP contribution in [0, 0.1) is 5.92 Å². The van der Waals surface area contributed by atoms with Crippen molar-refractivity contribution in [3.05, 3.63) is 0 Å². The summed E-state index contributed by atoms with van der Waals surface area (Å²) >= 11 is 0. The largest absolute Gasteiger partial charge is 0.447 e. The SMILES string of the molecule is O=C1NC(C2CNC2)CO1. The van der Waals surface area contributed by atoms with Crippen LogP contribution in [0.2, 0.25) is 0 Å². The van der Waals surface area contributed by atoms with Crippen molar-refractivity contribution < 1.29 is 9.53 Å². The summed E-state index contributed by atoms with van der Waals surface area (Å²) < 4.78 is 4.74. The van der Waals surface area contributed by atoms with Crippen molar-refractivity contribution in [3.63, 3.8) is 0 Å². The molecule has 1 amide bonds. The molecule has 1 atom stereocenters. The smallest absolute Gasteiger partial charge is 0.407 e. The average molecular weight is 142 g/mol. The number of hydrogen-bond acceptors (Lipinski definition) is 3. The van der Waals surface area contributed by atoms with E-state index in [1.807, 2.05) is 0 Å². The van der Waals surface area contributed by atoms with Crippen LogP contribution in [0.3, 0.4) is 0 Å². The molecule has 2 aliphatic rings. The second-order valence-corrected chi connectivity index (χ2v) is 2.77. The highest BCUT2D eigenvalue weighted by Gasteiger charge is 2.33. The summed E-state index contributed by atoms with van der Waals surface area (Å²) in [5.41, 5.74) is 0. The molecule has 0 radical (unpaired) electrons. The van der Waals surface area contributed by atoms with Gasteiger partial charge in [0.15, 0.2) is 0 Å². The Morgan fingerprint density at radius 2 is 2.30 bits per heavy atom. The lowest BCUT2D eigenvalue weighted by Crippen LogP contribution is -2.52. The van der Waals surface area contributed by atoms with Gasteiger partial charge in [0.05, 0.1) is 6.04 Å². The van der Waals surface area contributed by atoms with Crippen molar-refractivity contribution in [2.24, 2.45) is 5.92 Å². The van der Waals surface area contributed by atoms with Gasteiger partial charge in [0.25, 0.3) is 0 Å². The standard InChI is InChI=1S/C6H10N2O2/c9-6-8-5(3-10-6)4-1-7-2-4/h4-5,7H,1-3H2,(H,8,9). The first-order valence-corrected chi connectivity index (χ1v) is 3.50. The topological polar surface area (TPSA) is 50.4 Å². The first kappa shape index (κ1) is 5.97. The molecule has 0 bridgehead atoms. The molecular weight excluding hydrogens is 132 g/mol. The molecule has 2 saturated heterocycles. The number of alkyl carbamates (subject to hydrolysis) is 1. The summed E-state index contributed by atoms with van der Waals surface area (Å²) in [5, 5.41) is 5.90. The van der Waals surface area contributed by atoms with E-state index < -0.39 is 0 Å². The molecule has 2 heterocycles. The Morgan fingerprint density at radius 1 is 1.50 bits per heavy atom. The predicted octanol–water partition coefficient (Wildman–Crippen LogP) is -0.686. The van der Waals surface area contributed by atoms with Crippen LogP contribution >= 0.6 is 0 Å². The van der Waals surface area contributed by atoms with E-state index in [1.165, 1.54) is 0 Å². The summed E-state index contributed by atoms with van der Waals surface area (Å²) in [6, 6.07) is 0.258. The lowest BCUT2D eigenvalue weighted by molar-refractivity contribution is 0.172. The molecule has 0 aromatic heterocycles. The fraction of sp³-hybridized carbons (Fsp3) is 0.833. The Morgan fingerprint density at radius 3 is 2.70 bits per heavy atom. The van der Waals surface area contributed by atoms with Crippen molar-refractivity contribution in [2.75, 3.05) is 19.7 Å². The number of carbonyl (C=O) groups excluding carboxylic acids is 1. The lowest BCUT2D eigenvalue weighted by atomic mass is 9.95. The number of ether oxygens (including phenoxy) is 1. The Hall–Kier alpha value is -0.770. The number of carbonyl (C=O) groups is 1. The van der Waals surface area contributed by atoms with E-state index in [0.29, 0.717) is 12.5 Å². The minimum Gasteiger partial charge on any atom is -0.447 e. The molecule has 2 N–H and O–H groups in total. The lowest BCUT2D eigenvalue weighted by Gasteiger charge is -2.30. The number of nitrogens with one attached hydrogen (secondary N) is 2. The first-order chi connectivity index (χ1) is 4.86. The van der Waals surface area contributed by atoms with Gasteiger partial charge in [-0.3, -0.25) is 0 Å². The molecule has 0 aliphatic carbocycles. The van der Waals surface area contributed by atoms with Gasteiger partial charge in [-0.2, -0.15) is 0 Å². The predicted molar refractivity (Wildman–Crippen MR) is 34.6 cm³/mol. The maximum atomic E-state index is 10.5. The summed E-state index contributed by atoms with van der Waals surface area (Å²) in [4.78, 5) is 10.5. The third kappa shape index (κ3) is 0.844. The zero-order chi connectivity index (χ0) is 6.97. The quantitative estimate of drug-likeness (QED) is 0.509. The second-order valence-electron chi connectivity index (χ2n) is 2.77. The molecular formula is C6H10N2O2. The van der Waals surface area contributed by atoms with Crippen molar-refractivity contribution >= 4 is 6.09 Å². The van der Waals surface area contributed by atoms with E-state index in [2.05, 4.69) is 10.6 Å². The van der Waals surface area contributed by atoms with Gasteiger partial charge >= 0.3 is 6.09 Å². The van der Waals surface area contributed by atoms with Gasteiger partial charge in [-0.25, -0.2) is 4.79 Å². The Kier molecular flexibility index (Phi) is 1.27. The van der Waals surface area contributed by atoms with Crippen LogP contribution in [0.4, 0.5) is 4.79 Å². The molecule has 4 nitrogen and oxygen atoms in total. The van der Waals surface area contributed by atoms with Crippen LogP contribution in [0.25, 0.3) is 0 Å². The molecule has 1 unspecified atom stereocenters. The monoisotopic (exact) mass is 142 g/mol. The van der Waals surface area contributed by atoms with E-state index in [0.717, 1.165) is 13.1 Å². The maximum absolute atomic E-state index is 10.5. The highest BCUT2D eigenvalue weighted by Crippen LogP contribution is 2.13. The Balaban J connectivity index is 1.88. The second kappa shape index (κ2) is 2.12. The van der Waals surface area contributed by atoms with Crippen LogP contribution in [0.5, 0.6) is 0 Å². The van der Waals surface area contributed by atoms with E-state index in [-0.39, 0.29) is 12.1 Å². The number of cyclic esters (lactones) is 1. The fourth-order valence-corrected chi connectivity index (χ4v) is 1.25. The molecule has 0 aromatic rings. The molecule has 2 aliphatic heterocycles. The highest BCUT2D eigenvalue weighted by molar-refractivity contribution is 5.69. The summed E-state index contributed by atoms with van der Waals surface area (Å²) in [6.07, 6.45) is -0.267. The van der Waals surface area contributed by atoms with Gasteiger partial charge in [0, 0.05) is 19.0 Å². The van der Waals surface area contributed by atoms with Crippen molar-refractivity contribution in [1.82, 2.24) is 10.6 Å². The minimum absolute atomic E-state index is 0.258. The van der Waals surface area contributed by atoms with Gasteiger partial charge in [-0.15, -0.1) is 0 Å². The summed E-state index contributed by atoms with van der Waals surface area (Å²) in [7, 11) is 0. The van der Waals surface area contributed by atoms with Crippen LogP contribution < -0.4 is 10.6 Å². The van der Waals surface area contributed by atoms with Crippen LogP contribution in [-0.4, -0.2) is 31.8 Å². The number of amides is 1. The van der Waals surface area contributed by atoms with Crippen LogP contribution in [-0.2, 0) is 4.74 Å². The number of hydrogen-bond donors (Lipinski definition) is 2. The molecule has 2 fully saturated rings. The van der Waals surface area contributed by atoms with Crippen molar-refractivity contribution in [1.29, 1.82) is 0 Å². The fourth-order valence-electron chi connectivity index (χ4n) is 1.25. The molecule has 4 heteroatoms. The molecule has 10 heavy (non-hydrogen) atoms. The summed E-state index contributed by atoms with van der Waals surface area (Å²) in [5.74, 6) is 0.589. The van der Waals surface area contributed by atoms with Crippen molar-refractivity contribution in [2.45, 2.75) is 6.04 Å². The normalized spacial score (nSPS) is 32.8. The third-order valence-electron chi connectivity index (χ3n) is 2.08. The molecule has 0 aromatic carbocycles. The first-order valence-electron chi connectivity index (χ1n) is 3.50. The van der Waals surface area contributed by atoms with Gasteiger partial charge in [0.1, 0.15) is 6.61 Å². The van der Waals surface area contributed by atoms with Gasteiger partial charge in [-0.05, 0) is 0 Å². The van der Waals surface area contributed by atoms with Gasteiger partial charge in [0.2, 0.25) is 0 Å². The van der Waals surface area contributed by atoms with E-state index in [1.54, 1.807) is 0 Å². The molecule has 0 saturated carbocycles. The minimum atomic E-state index is -0.267. The van der Waals surface area contributed by atoms with E-state index in [9.17, 15) is 4.79 Å². The van der Waals surface area contributed by atoms with Crippen LogP contribution in [0.15, 0.2) is 0 Å². The molecule has 0 spiro atoms. The molecule has 2 rings (SSSR count). The van der Waals surface area contributed by atoms with E-state index >= 15 is 0 Å². The third-order valence-corrected chi connectivity index (χ3v) is 2.08.